The molecule has 1 unspecified atom stereocenters. The molecular formula is C18H27ClN4O3. The summed E-state index contributed by atoms with van der Waals surface area (Å²) in [4.78, 5) is 33.3. The lowest BCUT2D eigenvalue weighted by atomic mass is 10.1. The lowest BCUT2D eigenvalue weighted by Crippen LogP contribution is -2.49. The molecule has 3 heterocycles. The zero-order valence-corrected chi connectivity index (χ0v) is 16.2. The van der Waals surface area contributed by atoms with Crippen molar-refractivity contribution in [3.63, 3.8) is 0 Å². The van der Waals surface area contributed by atoms with Crippen LogP contribution in [0.3, 0.4) is 0 Å². The van der Waals surface area contributed by atoms with E-state index in [2.05, 4.69) is 15.2 Å². The molecule has 1 amide bonds. The molecule has 7 nitrogen and oxygen atoms in total. The van der Waals surface area contributed by atoms with Crippen molar-refractivity contribution in [3.8, 4) is 0 Å². The van der Waals surface area contributed by atoms with Gasteiger partial charge in [0.15, 0.2) is 0 Å². The number of halogens is 1. The predicted octanol–water partition coefficient (Wildman–Crippen LogP) is 1.11. The van der Waals surface area contributed by atoms with Crippen LogP contribution >= 0.6 is 12.4 Å². The molecule has 1 N–H and O–H groups in total. The van der Waals surface area contributed by atoms with Crippen molar-refractivity contribution in [1.29, 1.82) is 0 Å². The van der Waals surface area contributed by atoms with E-state index in [9.17, 15) is 9.59 Å². The van der Waals surface area contributed by atoms with Gasteiger partial charge in [-0.3, -0.25) is 9.69 Å². The Labute approximate surface area is 160 Å². The van der Waals surface area contributed by atoms with Gasteiger partial charge in [-0.1, -0.05) is 0 Å². The molecule has 1 aromatic rings. The number of aryl methyl sites for hydroxylation is 1. The molecule has 26 heavy (non-hydrogen) atoms. The van der Waals surface area contributed by atoms with Crippen LogP contribution < -0.4 is 5.32 Å². The minimum atomic E-state index is -0.397. The van der Waals surface area contributed by atoms with Crippen LogP contribution in [0.5, 0.6) is 0 Å². The average molecular weight is 383 g/mol. The van der Waals surface area contributed by atoms with E-state index in [1.54, 1.807) is 26.0 Å². The first kappa shape index (κ1) is 20.6. The van der Waals surface area contributed by atoms with Gasteiger partial charge >= 0.3 is 5.97 Å². The Morgan fingerprint density at radius 2 is 2.00 bits per heavy atom. The highest BCUT2D eigenvalue weighted by atomic mass is 35.5. The predicted molar refractivity (Wildman–Crippen MR) is 101 cm³/mol. The number of carbonyl (C=O) groups excluding carboxylic acids is 2. The van der Waals surface area contributed by atoms with Gasteiger partial charge in [0.2, 0.25) is 0 Å². The Bertz CT molecular complexity index is 649. The molecule has 1 aromatic heterocycles. The summed E-state index contributed by atoms with van der Waals surface area (Å²) in [5.74, 6) is -0.456. The number of hydrogen-bond donors (Lipinski definition) is 1. The fourth-order valence-corrected chi connectivity index (χ4v) is 3.54. The molecule has 1 atom stereocenters. The lowest BCUT2D eigenvalue weighted by Gasteiger charge is -2.32. The second-order valence-electron chi connectivity index (χ2n) is 6.53. The van der Waals surface area contributed by atoms with Gasteiger partial charge in [-0.05, 0) is 32.4 Å². The summed E-state index contributed by atoms with van der Waals surface area (Å²) >= 11 is 0. The number of nitrogens with one attached hydrogen (secondary N) is 1. The first-order valence-electron chi connectivity index (χ1n) is 8.99. The third-order valence-electron chi connectivity index (χ3n) is 4.92. The summed E-state index contributed by atoms with van der Waals surface area (Å²) in [6.45, 7) is 9.43. The first-order chi connectivity index (χ1) is 12.1. The summed E-state index contributed by atoms with van der Waals surface area (Å²) in [5, 5.41) is 3.36. The Kier molecular flexibility index (Phi) is 7.37. The van der Waals surface area contributed by atoms with Crippen LogP contribution in [0.1, 0.15) is 39.9 Å². The maximum Gasteiger partial charge on any atom is 0.339 e. The van der Waals surface area contributed by atoms with E-state index >= 15 is 0 Å². The van der Waals surface area contributed by atoms with E-state index in [0.717, 1.165) is 45.7 Å². The Morgan fingerprint density at radius 1 is 1.27 bits per heavy atom. The van der Waals surface area contributed by atoms with E-state index in [0.29, 0.717) is 29.6 Å². The van der Waals surface area contributed by atoms with Crippen molar-refractivity contribution in [1.82, 2.24) is 20.1 Å². The number of pyridine rings is 1. The smallest absolute Gasteiger partial charge is 0.339 e. The van der Waals surface area contributed by atoms with Gasteiger partial charge in [-0.25, -0.2) is 9.78 Å². The Hall–Kier alpha value is -1.70. The van der Waals surface area contributed by atoms with Gasteiger partial charge in [0.25, 0.3) is 5.91 Å². The Balaban J connectivity index is 0.00000243. The molecule has 0 bridgehead atoms. The van der Waals surface area contributed by atoms with Crippen molar-refractivity contribution < 1.29 is 14.3 Å². The topological polar surface area (TPSA) is 74.8 Å². The molecule has 0 spiro atoms. The number of rotatable bonds is 4. The van der Waals surface area contributed by atoms with Crippen LogP contribution in [0.15, 0.2) is 12.1 Å². The standard InChI is InChI=1S/C18H26N4O3.ClH/c1-3-25-18(24)15-4-5-16(20-13(15)2)17(23)22-9-6-14(12-22)21-10-7-19-8-11-21;/h4-5,14,19H,3,6-12H2,1-2H3;1H. The molecule has 0 saturated carbocycles. The van der Waals surface area contributed by atoms with Gasteiger partial charge in [0.05, 0.1) is 17.9 Å². The molecule has 2 aliphatic heterocycles. The fourth-order valence-electron chi connectivity index (χ4n) is 3.54. The molecule has 0 radical (unpaired) electrons. The lowest BCUT2D eigenvalue weighted by molar-refractivity contribution is 0.0524. The molecular weight excluding hydrogens is 356 g/mol. The number of amides is 1. The van der Waals surface area contributed by atoms with Crippen molar-refractivity contribution in [2.24, 2.45) is 0 Å². The molecule has 3 rings (SSSR count). The van der Waals surface area contributed by atoms with E-state index in [-0.39, 0.29) is 18.3 Å². The quantitative estimate of drug-likeness (QED) is 0.786. The van der Waals surface area contributed by atoms with Gasteiger partial charge in [0, 0.05) is 45.3 Å². The number of esters is 1. The number of piperazine rings is 1. The van der Waals surface area contributed by atoms with Crippen LogP contribution in [0, 0.1) is 6.92 Å². The average Bonchev–Trinajstić information content (AvgIpc) is 3.12. The second kappa shape index (κ2) is 9.30. The number of nitrogens with zero attached hydrogens (tertiary/aromatic N) is 3. The minimum absolute atomic E-state index is 0. The highest BCUT2D eigenvalue weighted by Crippen LogP contribution is 2.19. The first-order valence-corrected chi connectivity index (χ1v) is 8.99. The van der Waals surface area contributed by atoms with E-state index in [1.807, 2.05) is 4.90 Å². The highest BCUT2D eigenvalue weighted by Gasteiger charge is 2.32. The number of carbonyl (C=O) groups is 2. The molecule has 2 saturated heterocycles. The summed E-state index contributed by atoms with van der Waals surface area (Å²) in [7, 11) is 0. The molecule has 8 heteroatoms. The third kappa shape index (κ3) is 4.52. The van der Waals surface area contributed by atoms with Crippen LogP contribution in [0.25, 0.3) is 0 Å². The number of ether oxygens (including phenoxy) is 1. The summed E-state index contributed by atoms with van der Waals surface area (Å²) in [6.07, 6.45) is 1.01. The zero-order valence-electron chi connectivity index (χ0n) is 15.4. The molecule has 2 aliphatic rings. The summed E-state index contributed by atoms with van der Waals surface area (Å²) in [6, 6.07) is 3.70. The van der Waals surface area contributed by atoms with Crippen molar-refractivity contribution in [2.75, 3.05) is 45.9 Å². The molecule has 144 valence electrons. The van der Waals surface area contributed by atoms with Gasteiger partial charge in [-0.15, -0.1) is 12.4 Å². The largest absolute Gasteiger partial charge is 0.462 e. The second-order valence-corrected chi connectivity index (χ2v) is 6.53. The maximum atomic E-state index is 12.8. The fraction of sp³-hybridized carbons (Fsp3) is 0.611. The molecule has 2 fully saturated rings. The van der Waals surface area contributed by atoms with Gasteiger partial charge < -0.3 is 15.0 Å². The third-order valence-corrected chi connectivity index (χ3v) is 4.92. The monoisotopic (exact) mass is 382 g/mol. The number of hydrogen-bond acceptors (Lipinski definition) is 6. The summed E-state index contributed by atoms with van der Waals surface area (Å²) in [5.41, 5.74) is 1.34. The van der Waals surface area contributed by atoms with E-state index in [4.69, 9.17) is 4.74 Å². The van der Waals surface area contributed by atoms with Gasteiger partial charge in [-0.2, -0.15) is 0 Å². The van der Waals surface area contributed by atoms with E-state index in [1.165, 1.54) is 0 Å². The molecule has 0 aliphatic carbocycles. The summed E-state index contributed by atoms with van der Waals surface area (Å²) < 4.78 is 5.01. The zero-order chi connectivity index (χ0) is 17.8. The van der Waals surface area contributed by atoms with Crippen molar-refractivity contribution >= 4 is 24.3 Å². The van der Waals surface area contributed by atoms with Crippen molar-refractivity contribution in [3.05, 3.63) is 29.1 Å². The minimum Gasteiger partial charge on any atom is -0.462 e. The maximum absolute atomic E-state index is 12.8. The Morgan fingerprint density at radius 3 is 2.65 bits per heavy atom. The normalized spacial score (nSPS) is 20.5. The number of aromatic nitrogens is 1. The molecule has 0 aromatic carbocycles. The number of likely N-dealkylation sites (tertiary alicyclic amines) is 1. The van der Waals surface area contributed by atoms with Crippen LogP contribution in [0.2, 0.25) is 0 Å². The SMILES string of the molecule is CCOC(=O)c1ccc(C(=O)N2CCC(N3CCNCC3)C2)nc1C.Cl. The van der Waals surface area contributed by atoms with Crippen LogP contribution in [-0.4, -0.2) is 78.6 Å². The van der Waals surface area contributed by atoms with Crippen LogP contribution in [0.4, 0.5) is 0 Å². The van der Waals surface area contributed by atoms with Crippen molar-refractivity contribution in [2.45, 2.75) is 26.3 Å². The van der Waals surface area contributed by atoms with Gasteiger partial charge in [0.1, 0.15) is 5.69 Å². The highest BCUT2D eigenvalue weighted by molar-refractivity contribution is 5.95. The van der Waals surface area contributed by atoms with Crippen LogP contribution in [-0.2, 0) is 4.74 Å². The van der Waals surface area contributed by atoms with E-state index < -0.39 is 5.97 Å².